The van der Waals surface area contributed by atoms with Crippen molar-refractivity contribution in [2.45, 2.75) is 18.9 Å². The summed E-state index contributed by atoms with van der Waals surface area (Å²) in [7, 11) is 2.00. The number of hydrogen-bond donors (Lipinski definition) is 2. The predicted octanol–water partition coefficient (Wildman–Crippen LogP) is 1.82. The summed E-state index contributed by atoms with van der Waals surface area (Å²) in [6.45, 7) is 0. The summed E-state index contributed by atoms with van der Waals surface area (Å²) < 4.78 is 0. The van der Waals surface area contributed by atoms with Gasteiger partial charge in [0, 0.05) is 11.7 Å². The molecule has 0 heterocycles. The van der Waals surface area contributed by atoms with Gasteiger partial charge >= 0.3 is 0 Å². The molecule has 2 nitrogen and oxygen atoms in total. The average Bonchev–Trinajstić information content (AvgIpc) is 2.39. The number of nitrogen functional groups attached to an aromatic ring is 1. The lowest BCUT2D eigenvalue weighted by Gasteiger charge is -2.08. The molecule has 2 heteroatoms. The van der Waals surface area contributed by atoms with E-state index >= 15 is 0 Å². The molecule has 1 aromatic carbocycles. The molecule has 0 radical (unpaired) electrons. The molecule has 2 rings (SSSR count). The average molecular weight is 188 g/mol. The minimum absolute atomic E-state index is 0.489. The van der Waals surface area contributed by atoms with Crippen LogP contribution in [0.15, 0.2) is 24.3 Å². The number of nitrogens with two attached hydrogens (primary N) is 1. The standard InChI is InChI=1S/C12H16N2/c1-14-12-6-3-9-2-5-11(13)8-10(9)4-7-12/h2,4-5,7-8,12,14H,3,6,13H2,1H3. The first-order chi connectivity index (χ1) is 6.79. The van der Waals surface area contributed by atoms with Gasteiger partial charge in [0.1, 0.15) is 0 Å². The first-order valence-corrected chi connectivity index (χ1v) is 5.03. The van der Waals surface area contributed by atoms with Crippen molar-refractivity contribution in [2.75, 3.05) is 12.8 Å². The van der Waals surface area contributed by atoms with Crippen LogP contribution in [0, 0.1) is 0 Å². The third-order valence-corrected chi connectivity index (χ3v) is 2.77. The van der Waals surface area contributed by atoms with Crippen LogP contribution in [0.1, 0.15) is 17.5 Å². The van der Waals surface area contributed by atoms with Gasteiger partial charge in [-0.2, -0.15) is 0 Å². The lowest BCUT2D eigenvalue weighted by atomic mass is 10.0. The Balaban J connectivity index is 2.32. The first-order valence-electron chi connectivity index (χ1n) is 5.03. The van der Waals surface area contributed by atoms with Gasteiger partial charge in [-0.3, -0.25) is 0 Å². The number of rotatable bonds is 1. The van der Waals surface area contributed by atoms with Crippen LogP contribution in [0.2, 0.25) is 0 Å². The van der Waals surface area contributed by atoms with Gasteiger partial charge in [0.05, 0.1) is 0 Å². The van der Waals surface area contributed by atoms with Crippen molar-refractivity contribution in [3.8, 4) is 0 Å². The van der Waals surface area contributed by atoms with Crippen LogP contribution < -0.4 is 11.1 Å². The molecule has 3 N–H and O–H groups in total. The van der Waals surface area contributed by atoms with E-state index in [-0.39, 0.29) is 0 Å². The van der Waals surface area contributed by atoms with Crippen LogP contribution in [0.5, 0.6) is 0 Å². The molecular formula is C12H16N2. The highest BCUT2D eigenvalue weighted by molar-refractivity contribution is 5.60. The SMILES string of the molecule is CNC1C=Cc2cc(N)ccc2CC1. The third kappa shape index (κ3) is 1.80. The Labute approximate surface area is 84.8 Å². The Morgan fingerprint density at radius 1 is 1.43 bits per heavy atom. The number of benzene rings is 1. The fourth-order valence-electron chi connectivity index (χ4n) is 1.86. The molecule has 0 fully saturated rings. The maximum atomic E-state index is 5.75. The Bertz CT molecular complexity index is 355. The molecule has 0 saturated heterocycles. The van der Waals surface area contributed by atoms with E-state index in [1.165, 1.54) is 11.1 Å². The van der Waals surface area contributed by atoms with Gasteiger partial charge < -0.3 is 11.1 Å². The topological polar surface area (TPSA) is 38.0 Å². The molecule has 74 valence electrons. The summed E-state index contributed by atoms with van der Waals surface area (Å²) in [5, 5.41) is 3.28. The minimum atomic E-state index is 0.489. The van der Waals surface area contributed by atoms with Crippen LogP contribution in [0.4, 0.5) is 5.69 Å². The van der Waals surface area contributed by atoms with E-state index in [2.05, 4.69) is 23.5 Å². The molecule has 1 aliphatic carbocycles. The molecule has 0 saturated carbocycles. The summed E-state index contributed by atoms with van der Waals surface area (Å²) in [6, 6.07) is 6.65. The molecule has 14 heavy (non-hydrogen) atoms. The second-order valence-electron chi connectivity index (χ2n) is 3.75. The summed E-state index contributed by atoms with van der Waals surface area (Å²) >= 11 is 0. The molecule has 1 aliphatic rings. The van der Waals surface area contributed by atoms with E-state index in [1.807, 2.05) is 19.2 Å². The molecule has 0 bridgehead atoms. The highest BCUT2D eigenvalue weighted by atomic mass is 14.9. The maximum absolute atomic E-state index is 5.75. The van der Waals surface area contributed by atoms with Gasteiger partial charge in [-0.1, -0.05) is 18.2 Å². The number of hydrogen-bond acceptors (Lipinski definition) is 2. The predicted molar refractivity (Wildman–Crippen MR) is 61.1 cm³/mol. The normalized spacial score (nSPS) is 20.2. The Kier molecular flexibility index (Phi) is 2.55. The molecule has 1 unspecified atom stereocenters. The van der Waals surface area contributed by atoms with Gasteiger partial charge in [0.15, 0.2) is 0 Å². The zero-order chi connectivity index (χ0) is 9.97. The Hall–Kier alpha value is -1.28. The second kappa shape index (κ2) is 3.84. The largest absolute Gasteiger partial charge is 0.399 e. The van der Waals surface area contributed by atoms with Crippen LogP contribution in [0.3, 0.4) is 0 Å². The third-order valence-electron chi connectivity index (χ3n) is 2.77. The highest BCUT2D eigenvalue weighted by Gasteiger charge is 2.09. The van der Waals surface area contributed by atoms with Crippen LogP contribution >= 0.6 is 0 Å². The zero-order valence-electron chi connectivity index (χ0n) is 8.46. The fraction of sp³-hybridized carbons (Fsp3) is 0.333. The summed E-state index contributed by atoms with van der Waals surface area (Å²) in [6.07, 6.45) is 6.66. The zero-order valence-corrected chi connectivity index (χ0v) is 8.46. The summed E-state index contributed by atoms with van der Waals surface area (Å²) in [4.78, 5) is 0. The number of anilines is 1. The monoisotopic (exact) mass is 188 g/mol. The number of nitrogens with one attached hydrogen (secondary N) is 1. The van der Waals surface area contributed by atoms with Crippen molar-refractivity contribution in [1.82, 2.24) is 5.32 Å². The van der Waals surface area contributed by atoms with E-state index in [0.717, 1.165) is 18.5 Å². The molecule has 0 aromatic heterocycles. The van der Waals surface area contributed by atoms with Crippen LogP contribution in [-0.2, 0) is 6.42 Å². The van der Waals surface area contributed by atoms with E-state index in [0.29, 0.717) is 6.04 Å². The molecule has 1 aromatic rings. The van der Waals surface area contributed by atoms with Crippen molar-refractivity contribution < 1.29 is 0 Å². The number of fused-ring (bicyclic) bond motifs is 1. The smallest absolute Gasteiger partial charge is 0.0320 e. The molecule has 0 spiro atoms. The van der Waals surface area contributed by atoms with Crippen molar-refractivity contribution >= 4 is 11.8 Å². The van der Waals surface area contributed by atoms with Crippen molar-refractivity contribution in [3.05, 3.63) is 35.4 Å². The van der Waals surface area contributed by atoms with Gasteiger partial charge in [-0.25, -0.2) is 0 Å². The van der Waals surface area contributed by atoms with E-state index in [9.17, 15) is 0 Å². The second-order valence-corrected chi connectivity index (χ2v) is 3.75. The molecular weight excluding hydrogens is 172 g/mol. The van der Waals surface area contributed by atoms with E-state index < -0.39 is 0 Å². The lowest BCUT2D eigenvalue weighted by Crippen LogP contribution is -2.22. The molecule has 0 amide bonds. The minimum Gasteiger partial charge on any atom is -0.399 e. The highest BCUT2D eigenvalue weighted by Crippen LogP contribution is 2.21. The van der Waals surface area contributed by atoms with Crippen molar-refractivity contribution in [1.29, 1.82) is 0 Å². The van der Waals surface area contributed by atoms with Crippen LogP contribution in [0.25, 0.3) is 6.08 Å². The van der Waals surface area contributed by atoms with E-state index in [1.54, 1.807) is 0 Å². The number of likely N-dealkylation sites (N-methyl/N-ethyl adjacent to an activating group) is 1. The Morgan fingerprint density at radius 3 is 3.07 bits per heavy atom. The Morgan fingerprint density at radius 2 is 2.29 bits per heavy atom. The summed E-state index contributed by atoms with van der Waals surface area (Å²) in [5.74, 6) is 0. The van der Waals surface area contributed by atoms with Gasteiger partial charge in [-0.05, 0) is 43.1 Å². The first kappa shape index (κ1) is 9.28. The van der Waals surface area contributed by atoms with Crippen molar-refractivity contribution in [3.63, 3.8) is 0 Å². The summed E-state index contributed by atoms with van der Waals surface area (Å²) in [5.41, 5.74) is 9.26. The molecule has 1 atom stereocenters. The van der Waals surface area contributed by atoms with Gasteiger partial charge in [-0.15, -0.1) is 0 Å². The quantitative estimate of drug-likeness (QED) is 0.660. The lowest BCUT2D eigenvalue weighted by molar-refractivity contribution is 0.619. The van der Waals surface area contributed by atoms with Crippen LogP contribution in [-0.4, -0.2) is 13.1 Å². The van der Waals surface area contributed by atoms with Gasteiger partial charge in [0.25, 0.3) is 0 Å². The van der Waals surface area contributed by atoms with E-state index in [4.69, 9.17) is 5.73 Å². The molecule has 0 aliphatic heterocycles. The number of aryl methyl sites for hydroxylation is 1. The van der Waals surface area contributed by atoms with Gasteiger partial charge in [0.2, 0.25) is 0 Å². The maximum Gasteiger partial charge on any atom is 0.0320 e. The van der Waals surface area contributed by atoms with Crippen molar-refractivity contribution in [2.24, 2.45) is 0 Å². The fourth-order valence-corrected chi connectivity index (χ4v) is 1.86.